The average molecular weight is 174 g/mol. The Morgan fingerprint density at radius 3 is 2.40 bits per heavy atom. The molecule has 0 heterocycles. The van der Waals surface area contributed by atoms with Crippen LogP contribution >= 0.6 is 19.5 Å². The molecule has 0 radical (unpaired) electrons. The quantitative estimate of drug-likeness (QED) is 0.550. The predicted molar refractivity (Wildman–Crippen MR) is 45.1 cm³/mol. The molecule has 0 aromatic heterocycles. The Bertz CT molecular complexity index is 224. The van der Waals surface area contributed by atoms with Crippen LogP contribution in [0.1, 0.15) is 0 Å². The highest BCUT2D eigenvalue weighted by Gasteiger charge is 1.91. The molecule has 0 saturated heterocycles. The smallest absolute Gasteiger partial charge is 0.289 e. The molecule has 0 saturated carbocycles. The van der Waals surface area contributed by atoms with E-state index < -0.39 is 7.23 Å². The summed E-state index contributed by atoms with van der Waals surface area (Å²) in [5.41, 5.74) is 0. The zero-order chi connectivity index (χ0) is 7.40. The number of benzene rings is 1. The lowest BCUT2D eigenvalue weighted by Crippen LogP contribution is -1.73. The first-order valence-corrected chi connectivity index (χ1v) is 5.35. The summed E-state index contributed by atoms with van der Waals surface area (Å²) in [6.07, 6.45) is 0. The van der Waals surface area contributed by atoms with Crippen LogP contribution in [-0.4, -0.2) is 0 Å². The molecule has 1 rings (SSSR count). The summed E-state index contributed by atoms with van der Waals surface area (Å²) < 4.78 is 15.3. The summed E-state index contributed by atoms with van der Waals surface area (Å²) in [5.74, 6) is 0.599. The van der Waals surface area contributed by atoms with Gasteiger partial charge < -0.3 is 4.52 Å². The van der Waals surface area contributed by atoms with Crippen LogP contribution in [0.25, 0.3) is 0 Å². The normalized spacial score (nSPS) is 12.5. The summed E-state index contributed by atoms with van der Waals surface area (Å²) in [4.78, 5) is 0. The Morgan fingerprint density at radius 2 is 1.90 bits per heavy atom. The zero-order valence-electron chi connectivity index (χ0n) is 5.15. The van der Waals surface area contributed by atoms with Gasteiger partial charge in [0.2, 0.25) is 0 Å². The lowest BCUT2D eigenvalue weighted by molar-refractivity contribution is 0.521. The monoisotopic (exact) mass is 174 g/mol. The fourth-order valence-corrected chi connectivity index (χ4v) is 1.24. The van der Waals surface area contributed by atoms with Gasteiger partial charge in [0.05, 0.1) is 0 Å². The topological polar surface area (TPSA) is 26.3 Å². The van der Waals surface area contributed by atoms with Gasteiger partial charge in [0.25, 0.3) is 7.23 Å². The molecule has 10 heavy (non-hydrogen) atoms. The second-order valence-corrected chi connectivity index (χ2v) is 3.51. The van der Waals surface area contributed by atoms with Gasteiger partial charge >= 0.3 is 0 Å². The van der Waals surface area contributed by atoms with Crippen LogP contribution in [0.2, 0.25) is 0 Å². The summed E-state index contributed by atoms with van der Waals surface area (Å²) in [5, 5.41) is 0. The van der Waals surface area contributed by atoms with Crippen molar-refractivity contribution >= 4 is 19.5 Å². The predicted octanol–water partition coefficient (Wildman–Crippen LogP) is 2.38. The molecule has 1 unspecified atom stereocenters. The van der Waals surface area contributed by atoms with Gasteiger partial charge in [0.15, 0.2) is 0 Å². The summed E-state index contributed by atoms with van der Waals surface area (Å²) in [6.45, 7) is 0. The van der Waals surface area contributed by atoms with Crippen molar-refractivity contribution in [1.29, 1.82) is 0 Å². The Hall–Kier alpha value is -0.400. The number of thiol groups is 1. The molecule has 0 aliphatic heterocycles. The van der Waals surface area contributed by atoms with Crippen LogP contribution in [-0.2, 0) is 4.57 Å². The van der Waals surface area contributed by atoms with Crippen molar-refractivity contribution in [3.8, 4) is 5.75 Å². The van der Waals surface area contributed by atoms with Crippen molar-refractivity contribution in [2.75, 3.05) is 0 Å². The third-order valence-corrected chi connectivity index (χ3v) is 1.63. The maximum absolute atomic E-state index is 10.4. The molecule has 1 aromatic carbocycles. The highest BCUT2D eigenvalue weighted by Crippen LogP contribution is 2.29. The minimum atomic E-state index is -2.14. The molecular formula is C6H7O2PS. The van der Waals surface area contributed by atoms with Crippen LogP contribution in [0.5, 0.6) is 5.75 Å². The first kappa shape index (κ1) is 7.70. The third kappa shape index (κ3) is 2.46. The Balaban J connectivity index is 2.67. The maximum atomic E-state index is 10.4. The van der Waals surface area contributed by atoms with E-state index in [2.05, 4.69) is 12.2 Å². The average Bonchev–Trinajstić information content (AvgIpc) is 1.88. The highest BCUT2D eigenvalue weighted by atomic mass is 32.7. The lowest BCUT2D eigenvalue weighted by Gasteiger charge is -1.98. The lowest BCUT2D eigenvalue weighted by atomic mass is 10.3. The number of hydrogen-bond acceptors (Lipinski definition) is 2. The molecule has 1 atom stereocenters. The molecular weight excluding hydrogens is 167 g/mol. The van der Waals surface area contributed by atoms with Gasteiger partial charge in [-0.15, -0.1) is 0 Å². The van der Waals surface area contributed by atoms with E-state index in [1.54, 1.807) is 12.1 Å². The van der Waals surface area contributed by atoms with Crippen LogP contribution in [0, 0.1) is 0 Å². The van der Waals surface area contributed by atoms with Gasteiger partial charge in [-0.25, -0.2) is 0 Å². The Kier molecular flexibility index (Phi) is 2.84. The minimum absolute atomic E-state index is 0.599. The molecule has 4 heteroatoms. The standard InChI is InChI=1S/C6H7O2PS/c7-9(10)8-6-4-2-1-3-5-6/h1-5,9H,(H,7,10). The van der Waals surface area contributed by atoms with Crippen molar-refractivity contribution in [1.82, 2.24) is 0 Å². The molecule has 1 aromatic rings. The van der Waals surface area contributed by atoms with Gasteiger partial charge in [-0.05, 0) is 12.1 Å². The summed E-state index contributed by atoms with van der Waals surface area (Å²) in [7, 11) is -2.14. The molecule has 0 fully saturated rings. The summed E-state index contributed by atoms with van der Waals surface area (Å²) >= 11 is 3.63. The van der Waals surface area contributed by atoms with E-state index in [9.17, 15) is 4.57 Å². The molecule has 2 nitrogen and oxygen atoms in total. The minimum Gasteiger partial charge on any atom is -0.438 e. The fraction of sp³-hybridized carbons (Fsp3) is 0. The van der Waals surface area contributed by atoms with Gasteiger partial charge in [0, 0.05) is 0 Å². The first-order valence-electron chi connectivity index (χ1n) is 2.75. The van der Waals surface area contributed by atoms with Gasteiger partial charge in [-0.3, -0.25) is 4.57 Å². The number of rotatable bonds is 2. The largest absolute Gasteiger partial charge is 0.438 e. The van der Waals surface area contributed by atoms with Crippen molar-refractivity contribution in [2.24, 2.45) is 0 Å². The van der Waals surface area contributed by atoms with E-state index >= 15 is 0 Å². The van der Waals surface area contributed by atoms with E-state index in [1.807, 2.05) is 18.2 Å². The van der Waals surface area contributed by atoms with Gasteiger partial charge in [-0.1, -0.05) is 30.4 Å². The molecule has 0 spiro atoms. The number of hydrogen-bond donors (Lipinski definition) is 1. The van der Waals surface area contributed by atoms with Gasteiger partial charge in [-0.2, -0.15) is 0 Å². The van der Waals surface area contributed by atoms with E-state index in [0.717, 1.165) is 0 Å². The maximum Gasteiger partial charge on any atom is 0.289 e. The Morgan fingerprint density at radius 1 is 1.30 bits per heavy atom. The molecule has 0 aliphatic carbocycles. The SMILES string of the molecule is O=[PH](S)Oc1ccccc1. The van der Waals surface area contributed by atoms with Crippen molar-refractivity contribution in [3.63, 3.8) is 0 Å². The number of para-hydroxylation sites is 1. The summed E-state index contributed by atoms with van der Waals surface area (Å²) in [6, 6.07) is 8.96. The van der Waals surface area contributed by atoms with Crippen molar-refractivity contribution in [2.45, 2.75) is 0 Å². The molecule has 0 aliphatic rings. The van der Waals surface area contributed by atoms with E-state index in [0.29, 0.717) is 5.75 Å². The van der Waals surface area contributed by atoms with E-state index in [-0.39, 0.29) is 0 Å². The fourth-order valence-electron chi connectivity index (χ4n) is 0.589. The molecule has 0 amide bonds. The van der Waals surface area contributed by atoms with Crippen LogP contribution < -0.4 is 4.52 Å². The first-order chi connectivity index (χ1) is 4.79. The van der Waals surface area contributed by atoms with Gasteiger partial charge in [0.1, 0.15) is 5.75 Å². The zero-order valence-corrected chi connectivity index (χ0v) is 7.04. The second-order valence-electron chi connectivity index (χ2n) is 1.68. The molecule has 0 N–H and O–H groups in total. The Labute approximate surface area is 65.2 Å². The van der Waals surface area contributed by atoms with Crippen LogP contribution in [0.15, 0.2) is 30.3 Å². The van der Waals surface area contributed by atoms with E-state index in [4.69, 9.17) is 4.52 Å². The highest BCUT2D eigenvalue weighted by molar-refractivity contribution is 8.39. The molecule has 0 bridgehead atoms. The van der Waals surface area contributed by atoms with Crippen molar-refractivity contribution < 1.29 is 9.09 Å². The van der Waals surface area contributed by atoms with Crippen molar-refractivity contribution in [3.05, 3.63) is 30.3 Å². The van der Waals surface area contributed by atoms with E-state index in [1.165, 1.54) is 0 Å². The second kappa shape index (κ2) is 3.69. The van der Waals surface area contributed by atoms with Crippen LogP contribution in [0.4, 0.5) is 0 Å². The van der Waals surface area contributed by atoms with Crippen LogP contribution in [0.3, 0.4) is 0 Å². The third-order valence-electron chi connectivity index (χ3n) is 0.948. The molecule has 54 valence electrons.